The number of hydrogen-bond donors (Lipinski definition) is 0. The van der Waals surface area contributed by atoms with Crippen molar-refractivity contribution in [3.8, 4) is 6.57 Å². The average Bonchev–Trinajstić information content (AvgIpc) is 2.10. The monoisotopic (exact) mass is 154 g/mol. The molecule has 0 atom stereocenters. The van der Waals surface area contributed by atoms with E-state index in [-0.39, 0.29) is 0 Å². The number of nitriles is 1. The number of hydrogen-bond acceptors (Lipinski definition) is 2. The van der Waals surface area contributed by atoms with E-state index in [0.29, 0.717) is 0 Å². The molecular weight excluding hydrogens is 136 g/mol. The predicted molar refractivity (Wildman–Crippen MR) is 47.2 cm³/mol. The van der Waals surface area contributed by atoms with Crippen LogP contribution in [0.25, 0.3) is 0 Å². The van der Waals surface area contributed by atoms with Gasteiger partial charge >= 0.3 is 0 Å². The molecule has 0 spiro atoms. The van der Waals surface area contributed by atoms with Gasteiger partial charge in [0.2, 0.25) is 0 Å². The van der Waals surface area contributed by atoms with E-state index in [0.717, 1.165) is 5.92 Å². The summed E-state index contributed by atoms with van der Waals surface area (Å²) in [4.78, 5) is 2.42. The Morgan fingerprint density at radius 1 is 1.36 bits per heavy atom. The Labute approximate surface area is 69.8 Å². The zero-order valence-electron chi connectivity index (χ0n) is 7.58. The van der Waals surface area contributed by atoms with Crippen molar-refractivity contribution in [1.82, 2.24) is 4.90 Å². The average molecular weight is 154 g/mol. The Balaban J connectivity index is 0.000000461. The standard InChI is InChI=1S/C8H17N.CHN/c1-3-8-4-6-9(2)7-5-8;1-2/h8H,3-7H2,1-2H3;1H. The maximum atomic E-state index is 6.50. The van der Waals surface area contributed by atoms with Crippen molar-refractivity contribution in [3.05, 3.63) is 0 Å². The van der Waals surface area contributed by atoms with Crippen molar-refractivity contribution in [1.29, 1.82) is 5.26 Å². The second kappa shape index (κ2) is 6.18. The fourth-order valence-corrected chi connectivity index (χ4v) is 1.47. The molecule has 1 aliphatic heterocycles. The molecule has 1 rings (SSSR count). The van der Waals surface area contributed by atoms with Gasteiger partial charge in [-0.25, -0.2) is 5.26 Å². The molecule has 1 saturated heterocycles. The van der Waals surface area contributed by atoms with E-state index in [2.05, 4.69) is 25.4 Å². The number of nitrogens with zero attached hydrogens (tertiary/aromatic N) is 2. The van der Waals surface area contributed by atoms with Crippen molar-refractivity contribution in [2.75, 3.05) is 20.1 Å². The highest BCUT2D eigenvalue weighted by Gasteiger charge is 2.13. The zero-order chi connectivity index (χ0) is 8.69. The molecule has 11 heavy (non-hydrogen) atoms. The third kappa shape index (κ3) is 4.00. The quantitative estimate of drug-likeness (QED) is 0.576. The fourth-order valence-electron chi connectivity index (χ4n) is 1.47. The Bertz CT molecular complexity index is 101. The smallest absolute Gasteiger partial charge is 0.0462 e. The van der Waals surface area contributed by atoms with Crippen LogP contribution >= 0.6 is 0 Å². The van der Waals surface area contributed by atoms with E-state index < -0.39 is 0 Å². The van der Waals surface area contributed by atoms with Gasteiger partial charge in [0.25, 0.3) is 0 Å². The highest BCUT2D eigenvalue weighted by molar-refractivity contribution is 4.67. The van der Waals surface area contributed by atoms with Crippen LogP contribution in [0, 0.1) is 17.8 Å². The van der Waals surface area contributed by atoms with E-state index in [9.17, 15) is 0 Å². The van der Waals surface area contributed by atoms with Crippen LogP contribution in [0.4, 0.5) is 0 Å². The lowest BCUT2D eigenvalue weighted by molar-refractivity contribution is 0.216. The summed E-state index contributed by atoms with van der Waals surface area (Å²) in [5, 5.41) is 6.50. The molecule has 1 fully saturated rings. The summed E-state index contributed by atoms with van der Waals surface area (Å²) in [6.07, 6.45) is 4.23. The van der Waals surface area contributed by atoms with Crippen molar-refractivity contribution in [3.63, 3.8) is 0 Å². The molecule has 0 aromatic heterocycles. The number of piperidine rings is 1. The maximum absolute atomic E-state index is 6.50. The third-order valence-electron chi connectivity index (χ3n) is 2.42. The summed E-state index contributed by atoms with van der Waals surface area (Å²) in [6, 6.07) is 0. The van der Waals surface area contributed by atoms with Gasteiger partial charge in [-0.3, -0.25) is 0 Å². The molecular formula is C9H18N2. The second-order valence-corrected chi connectivity index (χ2v) is 3.15. The first-order chi connectivity index (χ1) is 5.33. The van der Waals surface area contributed by atoms with Crippen molar-refractivity contribution < 1.29 is 0 Å². The van der Waals surface area contributed by atoms with Crippen LogP contribution < -0.4 is 0 Å². The predicted octanol–water partition coefficient (Wildman–Crippen LogP) is 1.88. The molecule has 0 radical (unpaired) electrons. The minimum Gasteiger partial charge on any atom is -0.306 e. The second-order valence-electron chi connectivity index (χ2n) is 3.15. The topological polar surface area (TPSA) is 27.0 Å². The lowest BCUT2D eigenvalue weighted by Crippen LogP contribution is -2.29. The fraction of sp³-hybridized carbons (Fsp3) is 0.889. The van der Waals surface area contributed by atoms with Gasteiger partial charge in [0.1, 0.15) is 0 Å². The van der Waals surface area contributed by atoms with E-state index in [1.54, 1.807) is 0 Å². The summed E-state index contributed by atoms with van der Waals surface area (Å²) >= 11 is 0. The van der Waals surface area contributed by atoms with Gasteiger partial charge in [-0.2, -0.15) is 0 Å². The molecule has 1 heterocycles. The van der Waals surface area contributed by atoms with Crippen LogP contribution in [-0.4, -0.2) is 25.0 Å². The SMILES string of the molecule is C#N.CCC1CCN(C)CC1. The van der Waals surface area contributed by atoms with Crippen LogP contribution in [-0.2, 0) is 0 Å². The van der Waals surface area contributed by atoms with Gasteiger partial charge in [-0.05, 0) is 38.9 Å². The first-order valence-corrected chi connectivity index (χ1v) is 4.27. The van der Waals surface area contributed by atoms with E-state index >= 15 is 0 Å². The van der Waals surface area contributed by atoms with Gasteiger partial charge in [0.05, 0.1) is 0 Å². The summed E-state index contributed by atoms with van der Waals surface area (Å²) < 4.78 is 0. The van der Waals surface area contributed by atoms with Gasteiger partial charge < -0.3 is 4.90 Å². The number of rotatable bonds is 1. The van der Waals surface area contributed by atoms with Crippen LogP contribution in [0.15, 0.2) is 0 Å². The minimum atomic E-state index is 1.03. The molecule has 0 unspecified atom stereocenters. The molecule has 1 aliphatic rings. The normalized spacial score (nSPS) is 20.4. The molecule has 0 aliphatic carbocycles. The molecule has 0 amide bonds. The lowest BCUT2D eigenvalue weighted by atomic mass is 9.95. The van der Waals surface area contributed by atoms with Crippen LogP contribution in [0.2, 0.25) is 0 Å². The van der Waals surface area contributed by atoms with Gasteiger partial charge in [-0.15, -0.1) is 0 Å². The maximum Gasteiger partial charge on any atom is 0.0462 e. The van der Waals surface area contributed by atoms with Crippen LogP contribution in [0.5, 0.6) is 0 Å². The van der Waals surface area contributed by atoms with Gasteiger partial charge in [0.15, 0.2) is 0 Å². The van der Waals surface area contributed by atoms with Crippen molar-refractivity contribution in [2.24, 2.45) is 5.92 Å². The summed E-state index contributed by atoms with van der Waals surface area (Å²) in [7, 11) is 2.21. The largest absolute Gasteiger partial charge is 0.306 e. The van der Waals surface area contributed by atoms with Crippen molar-refractivity contribution in [2.45, 2.75) is 26.2 Å². The molecule has 0 N–H and O–H groups in total. The summed E-state index contributed by atoms with van der Waals surface area (Å²) in [6.45, 7) is 8.44. The lowest BCUT2D eigenvalue weighted by Gasteiger charge is -2.27. The van der Waals surface area contributed by atoms with Gasteiger partial charge in [-0.1, -0.05) is 13.3 Å². The zero-order valence-corrected chi connectivity index (χ0v) is 7.58. The van der Waals surface area contributed by atoms with Crippen molar-refractivity contribution >= 4 is 0 Å². The molecule has 0 aromatic carbocycles. The minimum absolute atomic E-state index is 1.03. The first-order valence-electron chi connectivity index (χ1n) is 4.27. The Morgan fingerprint density at radius 3 is 2.18 bits per heavy atom. The Hall–Kier alpha value is -0.550. The van der Waals surface area contributed by atoms with E-state index in [1.165, 1.54) is 32.4 Å². The van der Waals surface area contributed by atoms with Crippen LogP contribution in [0.3, 0.4) is 0 Å². The highest BCUT2D eigenvalue weighted by Crippen LogP contribution is 2.18. The first kappa shape index (κ1) is 10.4. The van der Waals surface area contributed by atoms with Crippen LogP contribution in [0.1, 0.15) is 26.2 Å². The molecule has 0 bridgehead atoms. The molecule has 0 aromatic rings. The summed E-state index contributed by atoms with van der Waals surface area (Å²) in [5.41, 5.74) is 0. The van der Waals surface area contributed by atoms with E-state index in [1.807, 2.05) is 0 Å². The summed E-state index contributed by atoms with van der Waals surface area (Å²) in [5.74, 6) is 1.03. The molecule has 64 valence electrons. The molecule has 0 saturated carbocycles. The Morgan fingerprint density at radius 2 is 1.82 bits per heavy atom. The van der Waals surface area contributed by atoms with E-state index in [4.69, 9.17) is 5.26 Å². The molecule has 2 nitrogen and oxygen atoms in total. The third-order valence-corrected chi connectivity index (χ3v) is 2.42. The highest BCUT2D eigenvalue weighted by atomic mass is 15.1. The van der Waals surface area contributed by atoms with Gasteiger partial charge in [0, 0.05) is 6.57 Å². The molecule has 2 heteroatoms. The Kier molecular flexibility index (Phi) is 5.87. The number of likely N-dealkylation sites (tertiary alicyclic amines) is 1.